The lowest BCUT2D eigenvalue weighted by Gasteiger charge is -2.19. The van der Waals surface area contributed by atoms with E-state index in [9.17, 15) is 19.5 Å². The second-order valence-corrected chi connectivity index (χ2v) is 9.30. The number of esters is 1. The van der Waals surface area contributed by atoms with E-state index in [-0.39, 0.29) is 17.3 Å². The Morgan fingerprint density at radius 1 is 1.03 bits per heavy atom. The van der Waals surface area contributed by atoms with Gasteiger partial charge in [0.1, 0.15) is 6.42 Å². The average Bonchev–Trinajstić information content (AvgIpc) is 3.24. The minimum Gasteiger partial charge on any atom is -0.481 e. The van der Waals surface area contributed by atoms with Crippen molar-refractivity contribution >= 4 is 22.8 Å². The first-order valence-electron chi connectivity index (χ1n) is 11.6. The topological polar surface area (TPSA) is 129 Å². The third kappa shape index (κ3) is 4.85. The van der Waals surface area contributed by atoms with Gasteiger partial charge in [-0.25, -0.2) is 0 Å². The van der Waals surface area contributed by atoms with Crippen molar-refractivity contribution in [2.24, 2.45) is 0 Å². The molecule has 0 bridgehead atoms. The zero-order chi connectivity index (χ0) is 25.4. The number of aliphatic hydroxyl groups excluding tert-OH is 1. The lowest BCUT2D eigenvalue weighted by molar-refractivity contribution is -0.145. The van der Waals surface area contributed by atoms with Crippen molar-refractivity contribution in [3.8, 4) is 5.75 Å². The van der Waals surface area contributed by atoms with Crippen molar-refractivity contribution in [2.45, 2.75) is 59.1 Å². The van der Waals surface area contributed by atoms with Crippen LogP contribution in [0.4, 0.5) is 0 Å². The number of hydrogen-bond acceptors (Lipinski definition) is 6. The number of fused-ring (bicyclic) bond motifs is 2. The highest BCUT2D eigenvalue weighted by molar-refractivity contribution is 5.94. The van der Waals surface area contributed by atoms with Gasteiger partial charge in [0, 0.05) is 24.0 Å². The summed E-state index contributed by atoms with van der Waals surface area (Å²) in [5, 5.41) is 23.8. The maximum absolute atomic E-state index is 11.9. The molecule has 1 aliphatic rings. The van der Waals surface area contributed by atoms with Gasteiger partial charge in [-0.1, -0.05) is 6.07 Å². The number of carbonyl (C=O) groups is 2. The molecule has 3 aromatic rings. The summed E-state index contributed by atoms with van der Waals surface area (Å²) in [6.45, 7) is 8.99. The van der Waals surface area contributed by atoms with Crippen LogP contribution in [-0.4, -0.2) is 39.7 Å². The summed E-state index contributed by atoms with van der Waals surface area (Å²) in [4.78, 5) is 37.2. The summed E-state index contributed by atoms with van der Waals surface area (Å²) in [5.41, 5.74) is 8.55. The summed E-state index contributed by atoms with van der Waals surface area (Å²) in [6, 6.07) is 6.19. The largest absolute Gasteiger partial charge is 0.481 e. The number of nitrogens with one attached hydrogen (secondary N) is 2. The van der Waals surface area contributed by atoms with Crippen molar-refractivity contribution in [2.75, 3.05) is 6.54 Å². The van der Waals surface area contributed by atoms with Gasteiger partial charge in [0.2, 0.25) is 5.56 Å². The Bertz CT molecular complexity index is 1350. The molecule has 35 heavy (non-hydrogen) atoms. The maximum Gasteiger partial charge on any atom is 0.322 e. The average molecular weight is 479 g/mol. The van der Waals surface area contributed by atoms with Crippen LogP contribution in [0.3, 0.4) is 0 Å². The first kappa shape index (κ1) is 24.6. The number of carbonyl (C=O) groups excluding carboxylic acids is 1. The molecule has 8 nitrogen and oxygen atoms in total. The highest BCUT2D eigenvalue weighted by Crippen LogP contribution is 2.34. The lowest BCUT2D eigenvalue weighted by Crippen LogP contribution is -2.33. The van der Waals surface area contributed by atoms with E-state index in [2.05, 4.69) is 38.0 Å². The quantitative estimate of drug-likeness (QED) is 0.233. The van der Waals surface area contributed by atoms with Gasteiger partial charge in [0.25, 0.3) is 0 Å². The van der Waals surface area contributed by atoms with Crippen LogP contribution in [0.1, 0.15) is 51.5 Å². The van der Waals surface area contributed by atoms with Crippen molar-refractivity contribution in [3.05, 3.63) is 73.6 Å². The fourth-order valence-electron chi connectivity index (χ4n) is 5.02. The van der Waals surface area contributed by atoms with Gasteiger partial charge in [0.15, 0.2) is 5.75 Å². The number of hydrogen-bond donors (Lipinski definition) is 4. The minimum atomic E-state index is -1.31. The Kier molecular flexibility index (Phi) is 6.78. The predicted octanol–water partition coefficient (Wildman–Crippen LogP) is 2.93. The van der Waals surface area contributed by atoms with E-state index in [1.54, 1.807) is 12.1 Å². The van der Waals surface area contributed by atoms with Gasteiger partial charge in [-0.15, -0.1) is 0 Å². The van der Waals surface area contributed by atoms with Crippen LogP contribution >= 0.6 is 0 Å². The summed E-state index contributed by atoms with van der Waals surface area (Å²) in [6.07, 6.45) is 0.140. The third-order valence-electron chi connectivity index (χ3n) is 7.23. The third-order valence-corrected chi connectivity index (χ3v) is 7.23. The van der Waals surface area contributed by atoms with Gasteiger partial charge in [-0.2, -0.15) is 0 Å². The number of H-pyrrole nitrogens is 1. The van der Waals surface area contributed by atoms with Gasteiger partial charge >= 0.3 is 11.9 Å². The molecule has 8 heteroatoms. The van der Waals surface area contributed by atoms with Crippen LogP contribution in [0.5, 0.6) is 5.75 Å². The molecule has 0 aliphatic heterocycles. The van der Waals surface area contributed by atoms with Gasteiger partial charge in [0.05, 0.1) is 11.6 Å². The zero-order valence-electron chi connectivity index (χ0n) is 20.3. The SMILES string of the molecule is Cc1c(C)c(C)c2c(c1C)CC(NC[C@@H](O)c1ccc(OC(=O)CC(=O)O)c3[nH]c(=O)ccc13)C2. The monoisotopic (exact) mass is 478 g/mol. The molecule has 4 rings (SSSR count). The fraction of sp³-hybridized carbons (Fsp3) is 0.370. The molecule has 0 saturated heterocycles. The van der Waals surface area contributed by atoms with Crippen LogP contribution < -0.4 is 15.6 Å². The Morgan fingerprint density at radius 2 is 1.66 bits per heavy atom. The second kappa shape index (κ2) is 9.64. The molecule has 1 aromatic heterocycles. The van der Waals surface area contributed by atoms with Crippen molar-refractivity contribution in [1.82, 2.24) is 10.3 Å². The van der Waals surface area contributed by atoms with Crippen LogP contribution in [0.2, 0.25) is 0 Å². The zero-order valence-corrected chi connectivity index (χ0v) is 20.3. The van der Waals surface area contributed by atoms with Crippen LogP contribution in [0.25, 0.3) is 10.9 Å². The summed E-state index contributed by atoms with van der Waals surface area (Å²) >= 11 is 0. The van der Waals surface area contributed by atoms with Gasteiger partial charge in [-0.3, -0.25) is 14.4 Å². The number of ether oxygens (including phenoxy) is 1. The molecule has 184 valence electrons. The smallest absolute Gasteiger partial charge is 0.322 e. The second-order valence-electron chi connectivity index (χ2n) is 9.30. The van der Waals surface area contributed by atoms with Crippen LogP contribution in [-0.2, 0) is 22.4 Å². The number of aromatic amines is 1. The first-order valence-corrected chi connectivity index (χ1v) is 11.6. The van der Waals surface area contributed by atoms with Crippen molar-refractivity contribution in [1.29, 1.82) is 0 Å². The maximum atomic E-state index is 11.9. The highest BCUT2D eigenvalue weighted by atomic mass is 16.5. The van der Waals surface area contributed by atoms with E-state index in [0.717, 1.165) is 12.8 Å². The standard InChI is InChI=1S/C27H30N2O6/c1-13-14(2)16(4)21-10-17(9-20(21)15(13)3)28-12-22(30)18-5-7-23(35-26(34)11-25(32)33)27-19(18)6-8-24(31)29-27/h5-8,17,22,28,30H,9-12H2,1-4H3,(H,29,31)(H,32,33)/t22-/m1/s1. The molecule has 0 amide bonds. The molecule has 0 spiro atoms. The van der Waals surface area contributed by atoms with Crippen molar-refractivity contribution < 1.29 is 24.5 Å². The molecular weight excluding hydrogens is 448 g/mol. The summed E-state index contributed by atoms with van der Waals surface area (Å²) in [5.74, 6) is -2.22. The molecule has 4 N–H and O–H groups in total. The number of aliphatic hydroxyl groups is 1. The molecule has 2 aromatic carbocycles. The fourth-order valence-corrected chi connectivity index (χ4v) is 5.02. The number of carboxylic acids is 1. The molecule has 1 atom stereocenters. The normalized spacial score (nSPS) is 14.2. The number of aromatic nitrogens is 1. The number of pyridine rings is 1. The van der Waals surface area contributed by atoms with Crippen LogP contribution in [0, 0.1) is 27.7 Å². The van der Waals surface area contributed by atoms with Gasteiger partial charge in [-0.05, 0) is 91.6 Å². The molecule has 0 saturated carbocycles. The Hall–Kier alpha value is -3.49. The summed E-state index contributed by atoms with van der Waals surface area (Å²) < 4.78 is 5.16. The lowest BCUT2D eigenvalue weighted by atomic mass is 9.90. The number of rotatable bonds is 7. The number of aliphatic carboxylic acids is 1. The Balaban J connectivity index is 1.53. The first-order chi connectivity index (χ1) is 16.6. The number of carboxylic acid groups (broad SMARTS) is 1. The molecular formula is C27H30N2O6. The van der Waals surface area contributed by atoms with E-state index >= 15 is 0 Å². The van der Waals surface area contributed by atoms with Crippen LogP contribution in [0.15, 0.2) is 29.1 Å². The van der Waals surface area contributed by atoms with E-state index in [4.69, 9.17) is 9.84 Å². The number of benzene rings is 2. The van der Waals surface area contributed by atoms with E-state index in [1.165, 1.54) is 45.5 Å². The predicted molar refractivity (Wildman–Crippen MR) is 132 cm³/mol. The molecule has 0 radical (unpaired) electrons. The van der Waals surface area contributed by atoms with Gasteiger partial charge < -0.3 is 25.3 Å². The highest BCUT2D eigenvalue weighted by Gasteiger charge is 2.27. The molecule has 1 heterocycles. The Morgan fingerprint density at radius 3 is 2.26 bits per heavy atom. The Labute approximate surface area is 202 Å². The molecule has 0 unspecified atom stereocenters. The van der Waals surface area contributed by atoms with E-state index in [0.29, 0.717) is 17.5 Å². The minimum absolute atomic E-state index is 0.0378. The van der Waals surface area contributed by atoms with E-state index in [1.807, 2.05) is 0 Å². The summed E-state index contributed by atoms with van der Waals surface area (Å²) in [7, 11) is 0. The van der Waals surface area contributed by atoms with E-state index < -0.39 is 30.0 Å². The molecule has 1 aliphatic carbocycles. The van der Waals surface area contributed by atoms with Crippen molar-refractivity contribution in [3.63, 3.8) is 0 Å². The molecule has 0 fully saturated rings.